The molecule has 0 spiro atoms. The van der Waals surface area contributed by atoms with Crippen LogP contribution < -0.4 is 0 Å². The maximum Gasteiger partial charge on any atom is 0.0684 e. The summed E-state index contributed by atoms with van der Waals surface area (Å²) in [7, 11) is 1.74. The second-order valence-corrected chi connectivity index (χ2v) is 5.01. The summed E-state index contributed by atoms with van der Waals surface area (Å²) >= 11 is 0. The molecule has 0 bridgehead atoms. The van der Waals surface area contributed by atoms with Gasteiger partial charge in [0.25, 0.3) is 0 Å². The molecule has 0 aliphatic heterocycles. The summed E-state index contributed by atoms with van der Waals surface area (Å²) < 4.78 is 5.10. The summed E-state index contributed by atoms with van der Waals surface area (Å²) in [6.07, 6.45) is 3.58. The second-order valence-electron chi connectivity index (χ2n) is 5.01. The van der Waals surface area contributed by atoms with Gasteiger partial charge in [-0.15, -0.1) is 0 Å². The molecular formula is C12H22N2O. The lowest BCUT2D eigenvalue weighted by Gasteiger charge is -2.25. The predicted octanol–water partition coefficient (Wildman–Crippen LogP) is 2.04. The third-order valence-corrected chi connectivity index (χ3v) is 2.97. The molecule has 3 heteroatoms. The molecule has 0 heterocycles. The Balaban J connectivity index is 2.29. The molecule has 0 aromatic heterocycles. The first-order valence-corrected chi connectivity index (χ1v) is 5.73. The van der Waals surface area contributed by atoms with E-state index in [9.17, 15) is 0 Å². The fraction of sp³-hybridized carbons (Fsp3) is 0.917. The van der Waals surface area contributed by atoms with Crippen LogP contribution in [0.15, 0.2) is 0 Å². The average Bonchev–Trinajstić information content (AvgIpc) is 3.02. The molecule has 15 heavy (non-hydrogen) atoms. The zero-order valence-electron chi connectivity index (χ0n) is 10.1. The molecule has 1 fully saturated rings. The van der Waals surface area contributed by atoms with Gasteiger partial charge in [-0.25, -0.2) is 0 Å². The second kappa shape index (κ2) is 5.48. The Hall–Kier alpha value is -0.590. The van der Waals surface area contributed by atoms with E-state index in [1.54, 1.807) is 7.11 Å². The Morgan fingerprint density at radius 1 is 1.40 bits per heavy atom. The van der Waals surface area contributed by atoms with E-state index in [1.807, 2.05) is 13.8 Å². The Morgan fingerprint density at radius 3 is 2.53 bits per heavy atom. The number of hydrogen-bond acceptors (Lipinski definition) is 3. The van der Waals surface area contributed by atoms with Crippen molar-refractivity contribution < 1.29 is 4.74 Å². The summed E-state index contributed by atoms with van der Waals surface area (Å²) in [5.41, 5.74) is -0.194. The van der Waals surface area contributed by atoms with E-state index in [2.05, 4.69) is 11.0 Å². The van der Waals surface area contributed by atoms with Crippen molar-refractivity contribution in [3.8, 4) is 6.07 Å². The van der Waals surface area contributed by atoms with Gasteiger partial charge in [-0.1, -0.05) is 0 Å². The molecule has 0 unspecified atom stereocenters. The monoisotopic (exact) mass is 210 g/mol. The number of ether oxygens (including phenoxy) is 1. The zero-order chi connectivity index (χ0) is 11.3. The summed E-state index contributed by atoms with van der Waals surface area (Å²) in [6, 6.07) is 3.11. The molecule has 0 N–H and O–H groups in total. The van der Waals surface area contributed by atoms with E-state index in [-0.39, 0.29) is 5.41 Å². The van der Waals surface area contributed by atoms with Crippen LogP contribution in [-0.2, 0) is 4.74 Å². The molecule has 1 saturated carbocycles. The fourth-order valence-corrected chi connectivity index (χ4v) is 1.60. The number of methoxy groups -OCH3 is 1. The molecular weight excluding hydrogens is 188 g/mol. The molecule has 0 aromatic rings. The van der Waals surface area contributed by atoms with Crippen LogP contribution in [0.25, 0.3) is 0 Å². The standard InChI is InChI=1S/C12H22N2O/c1-12(2,10-13)6-7-14(8-9-15-3)11-4-5-11/h11H,4-9H2,1-3H3. The van der Waals surface area contributed by atoms with Crippen LogP contribution in [0.1, 0.15) is 33.1 Å². The van der Waals surface area contributed by atoms with Gasteiger partial charge < -0.3 is 4.74 Å². The van der Waals surface area contributed by atoms with Crippen molar-refractivity contribution in [2.75, 3.05) is 26.8 Å². The Bertz CT molecular complexity index is 228. The van der Waals surface area contributed by atoms with E-state index in [1.165, 1.54) is 12.8 Å². The van der Waals surface area contributed by atoms with Crippen LogP contribution in [-0.4, -0.2) is 37.7 Å². The maximum absolute atomic E-state index is 8.94. The third-order valence-electron chi connectivity index (χ3n) is 2.97. The smallest absolute Gasteiger partial charge is 0.0684 e. The minimum absolute atomic E-state index is 0.194. The highest BCUT2D eigenvalue weighted by Crippen LogP contribution is 2.28. The van der Waals surface area contributed by atoms with Crippen molar-refractivity contribution in [3.05, 3.63) is 0 Å². The van der Waals surface area contributed by atoms with Crippen LogP contribution in [0.2, 0.25) is 0 Å². The van der Waals surface area contributed by atoms with Crippen molar-refractivity contribution in [3.63, 3.8) is 0 Å². The van der Waals surface area contributed by atoms with Gasteiger partial charge in [0.1, 0.15) is 0 Å². The lowest BCUT2D eigenvalue weighted by molar-refractivity contribution is 0.137. The van der Waals surface area contributed by atoms with Gasteiger partial charge in [0.15, 0.2) is 0 Å². The van der Waals surface area contributed by atoms with Crippen LogP contribution >= 0.6 is 0 Å². The molecule has 3 nitrogen and oxygen atoms in total. The van der Waals surface area contributed by atoms with Crippen molar-refractivity contribution in [2.45, 2.75) is 39.2 Å². The molecule has 0 amide bonds. The highest BCUT2D eigenvalue weighted by molar-refractivity contribution is 4.93. The van der Waals surface area contributed by atoms with Gasteiger partial charge in [0, 0.05) is 26.2 Å². The predicted molar refractivity (Wildman–Crippen MR) is 60.5 cm³/mol. The van der Waals surface area contributed by atoms with E-state index < -0.39 is 0 Å². The Labute approximate surface area is 93.0 Å². The first-order chi connectivity index (χ1) is 7.09. The van der Waals surface area contributed by atoms with Gasteiger partial charge in [-0.2, -0.15) is 5.26 Å². The van der Waals surface area contributed by atoms with Gasteiger partial charge in [0.05, 0.1) is 18.1 Å². The quantitative estimate of drug-likeness (QED) is 0.645. The lowest BCUT2D eigenvalue weighted by atomic mass is 9.91. The van der Waals surface area contributed by atoms with E-state index in [0.717, 1.165) is 32.2 Å². The number of rotatable bonds is 7. The Morgan fingerprint density at radius 2 is 2.07 bits per heavy atom. The van der Waals surface area contributed by atoms with Gasteiger partial charge in [-0.05, 0) is 33.1 Å². The SMILES string of the molecule is COCCN(CCC(C)(C)C#N)C1CC1. The number of nitriles is 1. The maximum atomic E-state index is 8.94. The molecule has 0 aromatic carbocycles. The summed E-state index contributed by atoms with van der Waals surface area (Å²) in [5.74, 6) is 0. The Kier molecular flexibility index (Phi) is 4.56. The van der Waals surface area contributed by atoms with Crippen LogP contribution in [0.3, 0.4) is 0 Å². The molecule has 86 valence electrons. The normalized spacial score (nSPS) is 16.7. The molecule has 1 rings (SSSR count). The largest absolute Gasteiger partial charge is 0.383 e. The van der Waals surface area contributed by atoms with E-state index in [0.29, 0.717) is 0 Å². The highest BCUT2D eigenvalue weighted by Gasteiger charge is 2.29. The fourth-order valence-electron chi connectivity index (χ4n) is 1.60. The van der Waals surface area contributed by atoms with Crippen molar-refractivity contribution >= 4 is 0 Å². The molecule has 0 radical (unpaired) electrons. The average molecular weight is 210 g/mol. The van der Waals surface area contributed by atoms with E-state index in [4.69, 9.17) is 10.00 Å². The number of hydrogen-bond donors (Lipinski definition) is 0. The molecule has 0 atom stereocenters. The van der Waals surface area contributed by atoms with Gasteiger partial charge in [0.2, 0.25) is 0 Å². The molecule has 1 aliphatic carbocycles. The van der Waals surface area contributed by atoms with Crippen molar-refractivity contribution in [1.82, 2.24) is 4.90 Å². The van der Waals surface area contributed by atoms with Crippen molar-refractivity contribution in [1.29, 1.82) is 5.26 Å². The summed E-state index contributed by atoms with van der Waals surface area (Å²) in [4.78, 5) is 2.46. The van der Waals surface area contributed by atoms with E-state index >= 15 is 0 Å². The van der Waals surface area contributed by atoms with Gasteiger partial charge >= 0.3 is 0 Å². The topological polar surface area (TPSA) is 36.3 Å². The van der Waals surface area contributed by atoms with Crippen LogP contribution in [0, 0.1) is 16.7 Å². The first kappa shape index (κ1) is 12.5. The lowest BCUT2D eigenvalue weighted by Crippen LogP contribution is -2.32. The first-order valence-electron chi connectivity index (χ1n) is 5.73. The zero-order valence-corrected chi connectivity index (χ0v) is 10.1. The molecule has 1 aliphatic rings. The molecule has 0 saturated heterocycles. The van der Waals surface area contributed by atoms with Crippen LogP contribution in [0.4, 0.5) is 0 Å². The summed E-state index contributed by atoms with van der Waals surface area (Å²) in [5, 5.41) is 8.94. The minimum atomic E-state index is -0.194. The van der Waals surface area contributed by atoms with Gasteiger partial charge in [-0.3, -0.25) is 4.90 Å². The van der Waals surface area contributed by atoms with Crippen molar-refractivity contribution in [2.24, 2.45) is 5.41 Å². The minimum Gasteiger partial charge on any atom is -0.383 e. The van der Waals surface area contributed by atoms with Crippen LogP contribution in [0.5, 0.6) is 0 Å². The summed E-state index contributed by atoms with van der Waals surface area (Å²) in [6.45, 7) is 6.84. The highest BCUT2D eigenvalue weighted by atomic mass is 16.5. The third kappa shape index (κ3) is 4.63. The number of nitrogens with zero attached hydrogens (tertiary/aromatic N) is 2.